The van der Waals surface area contributed by atoms with Crippen LogP contribution >= 0.6 is 34.2 Å². The van der Waals surface area contributed by atoms with Gasteiger partial charge in [0.1, 0.15) is 17.4 Å². The molecule has 1 aromatic carbocycles. The van der Waals surface area contributed by atoms with E-state index in [1.165, 1.54) is 37.6 Å². The molecule has 3 heterocycles. The molecule has 0 spiro atoms. The molecule has 0 saturated heterocycles. The summed E-state index contributed by atoms with van der Waals surface area (Å²) in [5, 5.41) is 5.92. The summed E-state index contributed by atoms with van der Waals surface area (Å²) in [6.07, 6.45) is 12.5. The van der Waals surface area contributed by atoms with Gasteiger partial charge in [0.2, 0.25) is 22.9 Å². The van der Waals surface area contributed by atoms with E-state index >= 15 is 0 Å². The highest BCUT2D eigenvalue weighted by atomic mass is 127. The molecule has 22 heavy (non-hydrogen) atoms. The monoisotopic (exact) mass is 420 g/mol. The highest BCUT2D eigenvalue weighted by Crippen LogP contribution is 2.43. The van der Waals surface area contributed by atoms with Crippen LogP contribution in [0.2, 0.25) is 0 Å². The second-order valence-electron chi connectivity index (χ2n) is 5.39. The van der Waals surface area contributed by atoms with Crippen molar-refractivity contribution in [3.05, 3.63) is 54.0 Å². The van der Waals surface area contributed by atoms with Crippen LogP contribution in [0.5, 0.6) is 0 Å². The normalized spacial score (nSPS) is 13.2. The van der Waals surface area contributed by atoms with Gasteiger partial charge < -0.3 is 5.32 Å². The van der Waals surface area contributed by atoms with Gasteiger partial charge in [-0.3, -0.25) is 0 Å². The number of nitrogens with zero attached hydrogens (tertiary/aromatic N) is 2. The van der Waals surface area contributed by atoms with Crippen LogP contribution in [0.4, 0.5) is 5.00 Å². The predicted molar refractivity (Wildman–Crippen MR) is 102 cm³/mol. The summed E-state index contributed by atoms with van der Waals surface area (Å²) in [5.74, 6) is 1.22. The molecule has 0 unspecified atom stereocenters. The van der Waals surface area contributed by atoms with Crippen molar-refractivity contribution in [2.45, 2.75) is 6.92 Å². The molecule has 0 atom stereocenters. The number of thiophene rings is 1. The maximum atomic E-state index is 3.40. The van der Waals surface area contributed by atoms with Gasteiger partial charge in [0.15, 0.2) is 0 Å². The van der Waals surface area contributed by atoms with Crippen LogP contribution in [0.25, 0.3) is 27.6 Å². The van der Waals surface area contributed by atoms with Crippen LogP contribution < -0.4 is 9.88 Å². The Bertz CT molecular complexity index is 927. The molecule has 0 radical (unpaired) electrons. The highest BCUT2D eigenvalue weighted by Gasteiger charge is 2.24. The number of rotatable bonds is 1. The minimum absolute atomic E-state index is 1.21. The van der Waals surface area contributed by atoms with Crippen LogP contribution in [0.1, 0.15) is 11.1 Å². The topological polar surface area (TPSA) is 20.8 Å². The first-order valence-corrected chi connectivity index (χ1v) is 8.84. The number of hydrogen-bond acceptors (Lipinski definition) is 2. The first-order valence-electron chi connectivity index (χ1n) is 7.06. The molecule has 3 aromatic rings. The number of imidazole rings is 1. The van der Waals surface area contributed by atoms with Crippen LogP contribution in [-0.4, -0.2) is 2.78 Å². The van der Waals surface area contributed by atoms with Gasteiger partial charge in [-0.05, 0) is 18.6 Å². The largest absolute Gasteiger partial charge is 0.353 e. The summed E-state index contributed by atoms with van der Waals surface area (Å²) in [5.41, 5.74) is 3.90. The number of aryl methyl sites for hydroxylation is 2. The average molecular weight is 420 g/mol. The number of nitrogens with one attached hydrogen (secondary N) is 1. The number of anilines is 1. The minimum Gasteiger partial charge on any atom is -0.353 e. The van der Waals surface area contributed by atoms with E-state index in [1.807, 2.05) is 23.6 Å². The SMILES string of the molecule is Cc1ccc2c3c(sc2c1-c1n(I)cc[n+]1C)NC=CC=C3. The van der Waals surface area contributed by atoms with Gasteiger partial charge in [-0.15, -0.1) is 11.3 Å². The zero-order valence-electron chi connectivity index (χ0n) is 12.3. The second kappa shape index (κ2) is 5.24. The average Bonchev–Trinajstić information content (AvgIpc) is 2.90. The van der Waals surface area contributed by atoms with Gasteiger partial charge >= 0.3 is 0 Å². The Hall–Kier alpha value is -1.60. The zero-order chi connectivity index (χ0) is 15.3. The quantitative estimate of drug-likeness (QED) is 0.449. The van der Waals surface area contributed by atoms with Crippen molar-refractivity contribution in [3.8, 4) is 11.4 Å². The predicted octanol–water partition coefficient (Wildman–Crippen LogP) is 4.65. The molecule has 0 saturated carbocycles. The van der Waals surface area contributed by atoms with Gasteiger partial charge in [-0.25, -0.2) is 4.57 Å². The first kappa shape index (κ1) is 14.0. The van der Waals surface area contributed by atoms with Crippen LogP contribution in [-0.2, 0) is 7.05 Å². The summed E-state index contributed by atoms with van der Waals surface area (Å²) in [6.45, 7) is 2.19. The fourth-order valence-corrected chi connectivity index (χ4v) is 4.88. The summed E-state index contributed by atoms with van der Waals surface area (Å²) in [7, 11) is 2.10. The summed E-state index contributed by atoms with van der Waals surface area (Å²) >= 11 is 4.17. The van der Waals surface area contributed by atoms with E-state index < -0.39 is 0 Å². The van der Waals surface area contributed by atoms with E-state index in [1.54, 1.807) is 0 Å². The Morgan fingerprint density at radius 3 is 2.91 bits per heavy atom. The van der Waals surface area contributed by atoms with Crippen molar-refractivity contribution in [3.63, 3.8) is 0 Å². The molecule has 0 bridgehead atoms. The lowest BCUT2D eigenvalue weighted by Gasteiger charge is -2.05. The summed E-state index contributed by atoms with van der Waals surface area (Å²) in [6, 6.07) is 4.46. The van der Waals surface area contributed by atoms with E-state index in [9.17, 15) is 0 Å². The van der Waals surface area contributed by atoms with Gasteiger partial charge in [0.25, 0.3) is 5.82 Å². The third-order valence-corrected chi connectivity index (χ3v) is 5.92. The smallest absolute Gasteiger partial charge is 0.299 e. The van der Waals surface area contributed by atoms with Crippen LogP contribution in [0, 0.1) is 6.92 Å². The van der Waals surface area contributed by atoms with Gasteiger partial charge in [-0.1, -0.05) is 24.3 Å². The lowest BCUT2D eigenvalue weighted by molar-refractivity contribution is -0.659. The molecule has 1 aliphatic heterocycles. The Morgan fingerprint density at radius 2 is 2.14 bits per heavy atom. The number of hydrogen-bond donors (Lipinski definition) is 1. The Kier molecular flexibility index (Phi) is 3.34. The van der Waals surface area contributed by atoms with Gasteiger partial charge in [-0.2, -0.15) is 2.78 Å². The van der Waals surface area contributed by atoms with Crippen LogP contribution in [0.15, 0.2) is 42.9 Å². The molecular formula is C17H15IN3S+. The third-order valence-electron chi connectivity index (χ3n) is 3.97. The minimum atomic E-state index is 1.21. The van der Waals surface area contributed by atoms with Crippen molar-refractivity contribution >= 4 is 55.4 Å². The molecule has 0 aliphatic carbocycles. The zero-order valence-corrected chi connectivity index (χ0v) is 15.3. The molecule has 1 aliphatic rings. The maximum absolute atomic E-state index is 3.40. The summed E-state index contributed by atoms with van der Waals surface area (Å²) in [4.78, 5) is 0. The Balaban J connectivity index is 2.10. The van der Waals surface area contributed by atoms with E-state index in [2.05, 4.69) is 86.2 Å². The number of halogens is 1. The lowest BCUT2D eigenvalue weighted by Crippen LogP contribution is -2.28. The third kappa shape index (κ3) is 2.03. The highest BCUT2D eigenvalue weighted by molar-refractivity contribution is 14.1. The molecule has 2 aromatic heterocycles. The molecule has 110 valence electrons. The van der Waals surface area contributed by atoms with Crippen molar-refractivity contribution in [2.75, 3.05) is 5.32 Å². The fourth-order valence-electron chi connectivity index (χ4n) is 2.89. The molecule has 4 rings (SSSR count). The van der Waals surface area contributed by atoms with Gasteiger partial charge in [0.05, 0.1) is 17.3 Å². The maximum Gasteiger partial charge on any atom is 0.299 e. The Morgan fingerprint density at radius 1 is 1.27 bits per heavy atom. The molecule has 3 nitrogen and oxygen atoms in total. The second-order valence-corrected chi connectivity index (χ2v) is 7.45. The van der Waals surface area contributed by atoms with E-state index in [0.29, 0.717) is 0 Å². The Labute approximate surface area is 147 Å². The van der Waals surface area contributed by atoms with Crippen molar-refractivity contribution in [1.82, 2.24) is 2.78 Å². The summed E-state index contributed by atoms with van der Waals surface area (Å²) < 4.78 is 5.68. The van der Waals surface area contributed by atoms with Crippen LogP contribution in [0.3, 0.4) is 0 Å². The molecule has 0 fully saturated rings. The van der Waals surface area contributed by atoms with E-state index in [0.717, 1.165) is 0 Å². The number of allylic oxidation sites excluding steroid dienone is 2. The first-order chi connectivity index (χ1) is 10.7. The molecular weight excluding hydrogens is 405 g/mol. The molecule has 0 amide bonds. The molecule has 5 heteroatoms. The number of fused-ring (bicyclic) bond motifs is 3. The van der Waals surface area contributed by atoms with Crippen molar-refractivity contribution in [1.29, 1.82) is 0 Å². The fraction of sp³-hybridized carbons (Fsp3) is 0.118. The lowest BCUT2D eigenvalue weighted by atomic mass is 10.0. The van der Waals surface area contributed by atoms with Crippen molar-refractivity contribution < 1.29 is 4.57 Å². The van der Waals surface area contributed by atoms with E-state index in [4.69, 9.17) is 0 Å². The van der Waals surface area contributed by atoms with Crippen molar-refractivity contribution in [2.24, 2.45) is 7.05 Å². The number of aromatic nitrogens is 2. The molecule has 1 N–H and O–H groups in total. The van der Waals surface area contributed by atoms with E-state index in [-0.39, 0.29) is 0 Å². The number of benzene rings is 1. The van der Waals surface area contributed by atoms with Gasteiger partial charge in [0, 0.05) is 17.1 Å². The standard InChI is InChI=1S/C17H15IN3S/c1-11-6-7-12-13-5-3-4-8-19-16(13)22-15(12)14(11)17-20(2)9-10-21(17)18/h3-10,19H,1-2H3/q+1.